The van der Waals surface area contributed by atoms with Crippen LogP contribution in [0.1, 0.15) is 45.6 Å². The van der Waals surface area contributed by atoms with E-state index in [4.69, 9.17) is 9.47 Å². The Morgan fingerprint density at radius 3 is 2.79 bits per heavy atom. The van der Waals surface area contributed by atoms with Crippen molar-refractivity contribution in [3.8, 4) is 22.8 Å². The monoisotopic (exact) mass is 383 g/mol. The average Bonchev–Trinajstić information content (AvgIpc) is 3.17. The number of carbonyl (C=O) groups excluding carboxylic acids is 1. The van der Waals surface area contributed by atoms with Crippen molar-refractivity contribution in [2.45, 2.75) is 51.6 Å². The molecule has 7 heteroatoms. The molecule has 3 unspecified atom stereocenters. The molecule has 0 radical (unpaired) electrons. The van der Waals surface area contributed by atoms with Gasteiger partial charge in [0.05, 0.1) is 5.69 Å². The van der Waals surface area contributed by atoms with Crippen LogP contribution in [0.4, 0.5) is 0 Å². The summed E-state index contributed by atoms with van der Waals surface area (Å²) in [6.07, 6.45) is 4.44. The van der Waals surface area contributed by atoms with Crippen LogP contribution >= 0.6 is 0 Å². The van der Waals surface area contributed by atoms with Crippen LogP contribution in [-0.4, -0.2) is 28.5 Å². The minimum absolute atomic E-state index is 0.163. The molecule has 7 nitrogen and oxygen atoms in total. The Morgan fingerprint density at radius 2 is 1.96 bits per heavy atom. The summed E-state index contributed by atoms with van der Waals surface area (Å²) in [7, 11) is 0. The maximum atomic E-state index is 12.8. The minimum atomic E-state index is -0.685. The number of amides is 1. The lowest BCUT2D eigenvalue weighted by Crippen LogP contribution is -2.45. The maximum Gasteiger partial charge on any atom is 0.267 e. The number of hydrogen-bond donors (Lipinski definition) is 1. The molecule has 1 fully saturated rings. The van der Waals surface area contributed by atoms with Crippen LogP contribution in [0.2, 0.25) is 0 Å². The number of nitrogens with zero attached hydrogens (tertiary/aromatic N) is 2. The van der Waals surface area contributed by atoms with E-state index in [1.807, 2.05) is 18.2 Å². The smallest absolute Gasteiger partial charge is 0.267 e. The second-order valence-corrected chi connectivity index (χ2v) is 7.62. The van der Waals surface area contributed by atoms with Gasteiger partial charge in [-0.05, 0) is 49.9 Å². The van der Waals surface area contributed by atoms with Crippen molar-refractivity contribution in [1.82, 2.24) is 15.1 Å². The molecular weight excluding hydrogens is 358 g/mol. The second kappa shape index (κ2) is 7.66. The van der Waals surface area contributed by atoms with E-state index in [-0.39, 0.29) is 24.3 Å². The molecule has 2 aliphatic rings. The van der Waals surface area contributed by atoms with Crippen molar-refractivity contribution < 1.29 is 14.3 Å². The Labute approximate surface area is 163 Å². The minimum Gasteiger partial charge on any atom is -0.454 e. The molecule has 3 atom stereocenters. The van der Waals surface area contributed by atoms with Crippen molar-refractivity contribution in [2.75, 3.05) is 6.79 Å². The van der Waals surface area contributed by atoms with E-state index in [0.29, 0.717) is 23.1 Å². The van der Waals surface area contributed by atoms with Crippen molar-refractivity contribution in [3.05, 3.63) is 40.7 Å². The summed E-state index contributed by atoms with van der Waals surface area (Å²) in [6, 6.07) is 8.08. The Kier molecular flexibility index (Phi) is 5.07. The maximum absolute atomic E-state index is 12.8. The normalized spacial score (nSPS) is 21.9. The molecule has 28 heavy (non-hydrogen) atoms. The summed E-state index contributed by atoms with van der Waals surface area (Å²) < 4.78 is 12.0. The lowest BCUT2D eigenvalue weighted by molar-refractivity contribution is -0.125. The van der Waals surface area contributed by atoms with E-state index in [2.05, 4.69) is 17.3 Å². The van der Waals surface area contributed by atoms with Crippen LogP contribution in [0.15, 0.2) is 35.1 Å². The predicted octanol–water partition coefficient (Wildman–Crippen LogP) is 2.89. The average molecular weight is 383 g/mol. The van der Waals surface area contributed by atoms with Crippen LogP contribution in [0, 0.1) is 5.92 Å². The Balaban J connectivity index is 1.56. The number of benzene rings is 1. The number of fused-ring (bicyclic) bond motifs is 1. The fraction of sp³-hybridized carbons (Fsp3) is 0.476. The highest BCUT2D eigenvalue weighted by atomic mass is 16.7. The van der Waals surface area contributed by atoms with Gasteiger partial charge in [0, 0.05) is 17.7 Å². The first kappa shape index (κ1) is 18.5. The molecule has 1 aromatic carbocycles. The van der Waals surface area contributed by atoms with Gasteiger partial charge in [-0.2, -0.15) is 5.10 Å². The molecule has 2 heterocycles. The fourth-order valence-corrected chi connectivity index (χ4v) is 3.86. The molecular formula is C21H25N3O4. The van der Waals surface area contributed by atoms with E-state index < -0.39 is 6.04 Å². The van der Waals surface area contributed by atoms with Gasteiger partial charge in [-0.3, -0.25) is 9.59 Å². The summed E-state index contributed by atoms with van der Waals surface area (Å²) in [5, 5.41) is 7.56. The summed E-state index contributed by atoms with van der Waals surface area (Å²) in [5.41, 5.74) is 1.10. The van der Waals surface area contributed by atoms with Crippen molar-refractivity contribution in [1.29, 1.82) is 0 Å². The molecule has 0 saturated heterocycles. The Morgan fingerprint density at radius 1 is 1.18 bits per heavy atom. The zero-order chi connectivity index (χ0) is 19.7. The Bertz CT molecular complexity index is 939. The largest absolute Gasteiger partial charge is 0.454 e. The number of aromatic nitrogens is 2. The molecule has 0 bridgehead atoms. The fourth-order valence-electron chi connectivity index (χ4n) is 3.86. The van der Waals surface area contributed by atoms with E-state index in [1.165, 1.54) is 17.2 Å². The van der Waals surface area contributed by atoms with Crippen LogP contribution in [0.3, 0.4) is 0 Å². The molecule has 1 aliphatic heterocycles. The summed E-state index contributed by atoms with van der Waals surface area (Å²) in [4.78, 5) is 25.1. The lowest BCUT2D eigenvalue weighted by atomic mass is 9.86. The first-order chi connectivity index (χ1) is 13.5. The number of rotatable bonds is 4. The molecule has 148 valence electrons. The molecule has 1 amide bonds. The summed E-state index contributed by atoms with van der Waals surface area (Å²) in [6.45, 7) is 4.07. The van der Waals surface area contributed by atoms with Gasteiger partial charge >= 0.3 is 0 Å². The molecule has 2 aromatic rings. The highest BCUT2D eigenvalue weighted by molar-refractivity contribution is 5.80. The highest BCUT2D eigenvalue weighted by Crippen LogP contribution is 2.35. The number of hydrogen-bond acceptors (Lipinski definition) is 5. The van der Waals surface area contributed by atoms with Gasteiger partial charge < -0.3 is 14.8 Å². The molecule has 1 N–H and O–H groups in total. The molecule has 1 aromatic heterocycles. The Hall–Kier alpha value is -2.83. The van der Waals surface area contributed by atoms with Crippen molar-refractivity contribution >= 4 is 5.91 Å². The van der Waals surface area contributed by atoms with Gasteiger partial charge in [-0.25, -0.2) is 4.68 Å². The van der Waals surface area contributed by atoms with Gasteiger partial charge in [-0.15, -0.1) is 0 Å². The molecule has 1 aliphatic carbocycles. The summed E-state index contributed by atoms with van der Waals surface area (Å²) >= 11 is 0. The third-order valence-electron chi connectivity index (χ3n) is 5.68. The molecule has 4 rings (SSSR count). The quantitative estimate of drug-likeness (QED) is 0.878. The van der Waals surface area contributed by atoms with Crippen molar-refractivity contribution in [3.63, 3.8) is 0 Å². The first-order valence-corrected chi connectivity index (χ1v) is 9.83. The molecule has 0 spiro atoms. The van der Waals surface area contributed by atoms with Gasteiger partial charge in [-0.1, -0.05) is 19.8 Å². The van der Waals surface area contributed by atoms with Crippen LogP contribution in [-0.2, 0) is 4.79 Å². The first-order valence-electron chi connectivity index (χ1n) is 9.83. The number of nitrogens with one attached hydrogen (secondary N) is 1. The predicted molar refractivity (Wildman–Crippen MR) is 104 cm³/mol. The lowest BCUT2D eigenvalue weighted by Gasteiger charge is -2.30. The van der Waals surface area contributed by atoms with E-state index in [1.54, 1.807) is 13.0 Å². The highest BCUT2D eigenvalue weighted by Gasteiger charge is 2.26. The van der Waals surface area contributed by atoms with Crippen LogP contribution in [0.25, 0.3) is 11.3 Å². The number of ether oxygens (including phenoxy) is 2. The summed E-state index contributed by atoms with van der Waals surface area (Å²) in [5.74, 6) is 1.62. The van der Waals surface area contributed by atoms with E-state index in [9.17, 15) is 9.59 Å². The number of carbonyl (C=O) groups is 1. The third-order valence-corrected chi connectivity index (χ3v) is 5.68. The second-order valence-electron chi connectivity index (χ2n) is 7.62. The molecule has 1 saturated carbocycles. The van der Waals surface area contributed by atoms with Gasteiger partial charge in [0.2, 0.25) is 12.7 Å². The van der Waals surface area contributed by atoms with Gasteiger partial charge in [0.15, 0.2) is 11.5 Å². The zero-order valence-electron chi connectivity index (χ0n) is 16.2. The zero-order valence-corrected chi connectivity index (χ0v) is 16.2. The topological polar surface area (TPSA) is 82.5 Å². The van der Waals surface area contributed by atoms with E-state index >= 15 is 0 Å². The van der Waals surface area contributed by atoms with E-state index in [0.717, 1.165) is 24.8 Å². The van der Waals surface area contributed by atoms with Crippen LogP contribution < -0.4 is 20.3 Å². The van der Waals surface area contributed by atoms with Crippen LogP contribution in [0.5, 0.6) is 11.5 Å². The third kappa shape index (κ3) is 3.61. The SMILES string of the molecule is CC1CCCCC1NC(=O)C(C)n1nc(-c2ccc3c(c2)OCO3)ccc1=O. The van der Waals surface area contributed by atoms with Crippen molar-refractivity contribution in [2.24, 2.45) is 5.92 Å². The van der Waals surface area contributed by atoms with Gasteiger partial charge in [0.1, 0.15) is 6.04 Å². The van der Waals surface area contributed by atoms with Gasteiger partial charge in [0.25, 0.3) is 5.56 Å². The standard InChI is InChI=1S/C21H25N3O4/c1-13-5-3-4-6-16(13)22-21(26)14(2)24-20(25)10-8-17(23-24)15-7-9-18-19(11-15)28-12-27-18/h7-11,13-14,16H,3-6,12H2,1-2H3,(H,22,26).